The van der Waals surface area contributed by atoms with Crippen molar-refractivity contribution in [3.8, 4) is 22.8 Å². The molecule has 29 heavy (non-hydrogen) atoms. The second-order valence-corrected chi connectivity index (χ2v) is 7.77. The number of aryl methyl sites for hydroxylation is 1. The molecule has 7 heteroatoms. The van der Waals surface area contributed by atoms with E-state index >= 15 is 0 Å². The smallest absolute Gasteiger partial charge is 0.256 e. The van der Waals surface area contributed by atoms with Crippen LogP contribution in [0.3, 0.4) is 0 Å². The zero-order chi connectivity index (χ0) is 20.5. The van der Waals surface area contributed by atoms with Gasteiger partial charge in [0.2, 0.25) is 0 Å². The van der Waals surface area contributed by atoms with Crippen molar-refractivity contribution in [1.29, 1.82) is 0 Å². The van der Waals surface area contributed by atoms with Gasteiger partial charge in [-0.1, -0.05) is 47.6 Å². The minimum atomic E-state index is 0.158. The minimum Gasteiger partial charge on any atom is -0.493 e. The number of para-hydroxylation sites is 2. The Morgan fingerprint density at radius 3 is 2.55 bits per heavy atom. The lowest BCUT2D eigenvalue weighted by Crippen LogP contribution is -2.01. The number of aromatic nitrogens is 1. The van der Waals surface area contributed by atoms with Crippen molar-refractivity contribution < 1.29 is 19.0 Å². The van der Waals surface area contributed by atoms with Gasteiger partial charge in [0.15, 0.2) is 11.5 Å². The van der Waals surface area contributed by atoms with Crippen LogP contribution >= 0.6 is 23.4 Å². The highest BCUT2D eigenvalue weighted by molar-refractivity contribution is 7.99. The first-order valence-electron chi connectivity index (χ1n) is 9.46. The molecule has 0 spiro atoms. The molecule has 0 bridgehead atoms. The van der Waals surface area contributed by atoms with Gasteiger partial charge in [-0.25, -0.2) is 4.98 Å². The Morgan fingerprint density at radius 1 is 1.07 bits per heavy atom. The zero-order valence-corrected chi connectivity index (χ0v) is 17.8. The molecule has 0 atom stereocenters. The predicted molar refractivity (Wildman–Crippen MR) is 116 cm³/mol. The average molecular weight is 434 g/mol. The molecule has 0 aliphatic carbocycles. The molecule has 0 aliphatic rings. The third kappa shape index (κ3) is 6.16. The Morgan fingerprint density at radius 2 is 1.83 bits per heavy atom. The van der Waals surface area contributed by atoms with Gasteiger partial charge < -0.3 is 19.0 Å². The maximum atomic E-state index is 8.98. The molecule has 154 valence electrons. The Labute approximate surface area is 180 Å². The fourth-order valence-corrected chi connectivity index (χ4v) is 3.66. The highest BCUT2D eigenvalue weighted by Gasteiger charge is 2.15. The zero-order valence-electron chi connectivity index (χ0n) is 16.3. The van der Waals surface area contributed by atoms with E-state index in [0.717, 1.165) is 40.7 Å². The van der Waals surface area contributed by atoms with Crippen molar-refractivity contribution in [1.82, 2.24) is 4.98 Å². The van der Waals surface area contributed by atoms with Crippen molar-refractivity contribution in [3.63, 3.8) is 0 Å². The third-order valence-corrected chi connectivity index (χ3v) is 5.36. The van der Waals surface area contributed by atoms with E-state index in [9.17, 15) is 0 Å². The molecule has 0 fully saturated rings. The molecule has 1 heterocycles. The maximum Gasteiger partial charge on any atom is 0.256 e. The van der Waals surface area contributed by atoms with Gasteiger partial charge in [-0.2, -0.15) is 0 Å². The van der Waals surface area contributed by atoms with E-state index in [1.54, 1.807) is 7.11 Å². The number of aliphatic hydroxyl groups excluding tert-OH is 1. The Balaban J connectivity index is 1.67. The van der Waals surface area contributed by atoms with Crippen LogP contribution in [-0.2, 0) is 6.42 Å². The summed E-state index contributed by atoms with van der Waals surface area (Å²) in [7, 11) is 1.63. The summed E-state index contributed by atoms with van der Waals surface area (Å²) in [5.41, 5.74) is 1.79. The Bertz CT molecular complexity index is 898. The fraction of sp³-hybridized carbons (Fsp3) is 0.318. The van der Waals surface area contributed by atoms with Gasteiger partial charge in [0.1, 0.15) is 11.5 Å². The largest absolute Gasteiger partial charge is 0.493 e. The number of halogens is 1. The van der Waals surface area contributed by atoms with Gasteiger partial charge in [0, 0.05) is 29.4 Å². The van der Waals surface area contributed by atoms with E-state index < -0.39 is 0 Å². The number of hydrogen-bond donors (Lipinski definition) is 1. The number of ether oxygens (including phenoxy) is 2. The van der Waals surface area contributed by atoms with Crippen molar-refractivity contribution in [2.24, 2.45) is 0 Å². The van der Waals surface area contributed by atoms with E-state index in [0.29, 0.717) is 29.7 Å². The van der Waals surface area contributed by atoms with Crippen LogP contribution in [0.15, 0.2) is 58.2 Å². The summed E-state index contributed by atoms with van der Waals surface area (Å²) < 4.78 is 17.2. The SMILES string of the molecule is COc1ccccc1OCCCc1oc(SCCCO)nc1-c1ccc(Cl)cc1. The first-order chi connectivity index (χ1) is 14.2. The Hall–Kier alpha value is -2.15. The normalized spacial score (nSPS) is 10.9. The molecule has 0 unspecified atom stereocenters. The molecule has 0 amide bonds. The summed E-state index contributed by atoms with van der Waals surface area (Å²) >= 11 is 7.52. The summed E-state index contributed by atoms with van der Waals surface area (Å²) in [6.07, 6.45) is 2.17. The molecule has 1 N–H and O–H groups in total. The molecule has 2 aromatic carbocycles. The summed E-state index contributed by atoms with van der Waals surface area (Å²) in [5, 5.41) is 10.3. The van der Waals surface area contributed by atoms with E-state index in [1.807, 2.05) is 48.5 Å². The van der Waals surface area contributed by atoms with Gasteiger partial charge in [-0.05, 0) is 37.1 Å². The fourth-order valence-electron chi connectivity index (χ4n) is 2.77. The first kappa shape index (κ1) is 21.6. The predicted octanol–water partition coefficient (Wildman–Crippen LogP) is 5.49. The van der Waals surface area contributed by atoms with Crippen LogP contribution in [0.1, 0.15) is 18.6 Å². The van der Waals surface area contributed by atoms with Crippen molar-refractivity contribution in [2.45, 2.75) is 24.5 Å². The van der Waals surface area contributed by atoms with Crippen LogP contribution < -0.4 is 9.47 Å². The number of aliphatic hydroxyl groups is 1. The summed E-state index contributed by atoms with van der Waals surface area (Å²) in [4.78, 5) is 4.66. The molecular weight excluding hydrogens is 410 g/mol. The number of methoxy groups -OCH3 is 1. The van der Waals surface area contributed by atoms with Crippen LogP contribution in [0.5, 0.6) is 11.5 Å². The number of nitrogens with zero attached hydrogens (tertiary/aromatic N) is 1. The van der Waals surface area contributed by atoms with Crippen molar-refractivity contribution >= 4 is 23.4 Å². The molecule has 0 radical (unpaired) electrons. The van der Waals surface area contributed by atoms with E-state index in [2.05, 4.69) is 4.98 Å². The summed E-state index contributed by atoms with van der Waals surface area (Å²) in [5.74, 6) is 3.03. The molecule has 0 saturated carbocycles. The van der Waals surface area contributed by atoms with Crippen LogP contribution in [0, 0.1) is 0 Å². The highest BCUT2D eigenvalue weighted by Crippen LogP contribution is 2.31. The topological polar surface area (TPSA) is 64.7 Å². The van der Waals surface area contributed by atoms with E-state index in [4.69, 9.17) is 30.6 Å². The lowest BCUT2D eigenvalue weighted by Gasteiger charge is -2.09. The minimum absolute atomic E-state index is 0.158. The summed E-state index contributed by atoms with van der Waals surface area (Å²) in [6.45, 7) is 0.693. The van der Waals surface area contributed by atoms with Crippen LogP contribution in [0.2, 0.25) is 5.02 Å². The molecule has 5 nitrogen and oxygen atoms in total. The van der Waals surface area contributed by atoms with Crippen LogP contribution in [0.4, 0.5) is 0 Å². The molecule has 0 saturated heterocycles. The number of oxazole rings is 1. The number of hydrogen-bond acceptors (Lipinski definition) is 6. The number of benzene rings is 2. The first-order valence-corrected chi connectivity index (χ1v) is 10.8. The standard InChI is InChI=1S/C22H24ClNO4S/c1-26-18-6-2-3-7-19(18)27-14-4-8-20-21(16-9-11-17(23)12-10-16)24-22(28-20)29-15-5-13-25/h2-3,6-7,9-12,25H,4-5,8,13-15H2,1H3. The van der Waals surface area contributed by atoms with Crippen molar-refractivity contribution in [2.75, 3.05) is 26.1 Å². The second kappa shape index (κ2) is 11.1. The third-order valence-electron chi connectivity index (χ3n) is 4.20. The van der Waals surface area contributed by atoms with Gasteiger partial charge >= 0.3 is 0 Å². The van der Waals surface area contributed by atoms with Crippen LogP contribution in [0.25, 0.3) is 11.3 Å². The van der Waals surface area contributed by atoms with Gasteiger partial charge in [0.25, 0.3) is 5.22 Å². The lowest BCUT2D eigenvalue weighted by atomic mass is 10.1. The summed E-state index contributed by atoms with van der Waals surface area (Å²) in [6, 6.07) is 15.2. The molecule has 3 aromatic rings. The molecule has 1 aromatic heterocycles. The Kier molecular flexibility index (Phi) is 8.28. The lowest BCUT2D eigenvalue weighted by molar-refractivity contribution is 0.284. The van der Waals surface area contributed by atoms with Gasteiger partial charge in [-0.15, -0.1) is 0 Å². The number of thioether (sulfide) groups is 1. The molecule has 3 rings (SSSR count). The van der Waals surface area contributed by atoms with Crippen molar-refractivity contribution in [3.05, 3.63) is 59.3 Å². The average Bonchev–Trinajstić information content (AvgIpc) is 3.15. The quantitative estimate of drug-likeness (QED) is 0.318. The van der Waals surface area contributed by atoms with E-state index in [-0.39, 0.29) is 6.61 Å². The van der Waals surface area contributed by atoms with Gasteiger partial charge in [0.05, 0.1) is 13.7 Å². The monoisotopic (exact) mass is 433 g/mol. The van der Waals surface area contributed by atoms with Gasteiger partial charge in [-0.3, -0.25) is 0 Å². The van der Waals surface area contributed by atoms with E-state index in [1.165, 1.54) is 11.8 Å². The highest BCUT2D eigenvalue weighted by atomic mass is 35.5. The molecule has 0 aliphatic heterocycles. The second-order valence-electron chi connectivity index (χ2n) is 6.29. The van der Waals surface area contributed by atoms with Crippen LogP contribution in [-0.4, -0.2) is 36.2 Å². The maximum absolute atomic E-state index is 8.98. The molecular formula is C22H24ClNO4S. The number of rotatable bonds is 11.